The number of hydrogen-bond donors (Lipinski definition) is 2. The molecular weight excluding hydrogens is 244 g/mol. The SMILES string of the molecule is Cc1ccc(NC(=O)c2ccno2)cc1C#CCO. The second kappa shape index (κ2) is 5.85. The van der Waals surface area contributed by atoms with Gasteiger partial charge in [0.15, 0.2) is 0 Å². The predicted octanol–water partition coefficient (Wildman–Crippen LogP) is 1.58. The fraction of sp³-hybridized carbons (Fsp3) is 0.143. The van der Waals surface area contributed by atoms with Crippen LogP contribution in [-0.4, -0.2) is 22.8 Å². The van der Waals surface area contributed by atoms with E-state index in [1.165, 1.54) is 12.3 Å². The van der Waals surface area contributed by atoms with Crippen molar-refractivity contribution < 1.29 is 14.4 Å². The maximum absolute atomic E-state index is 11.8. The van der Waals surface area contributed by atoms with E-state index in [2.05, 4.69) is 22.3 Å². The van der Waals surface area contributed by atoms with Crippen LogP contribution < -0.4 is 5.32 Å². The summed E-state index contributed by atoms with van der Waals surface area (Å²) >= 11 is 0. The molecule has 0 aliphatic rings. The molecule has 0 aliphatic carbocycles. The van der Waals surface area contributed by atoms with Crippen molar-refractivity contribution in [3.8, 4) is 11.8 Å². The van der Waals surface area contributed by atoms with Gasteiger partial charge in [-0.05, 0) is 24.6 Å². The molecule has 0 unspecified atom stereocenters. The zero-order valence-electron chi connectivity index (χ0n) is 10.3. The Morgan fingerprint density at radius 2 is 2.32 bits per heavy atom. The number of benzene rings is 1. The van der Waals surface area contributed by atoms with Gasteiger partial charge in [0.1, 0.15) is 6.61 Å². The standard InChI is InChI=1S/C14H12N2O3/c1-10-4-5-12(9-11(10)3-2-8-17)16-14(18)13-6-7-15-19-13/h4-7,9,17H,8H2,1H3,(H,16,18). The summed E-state index contributed by atoms with van der Waals surface area (Å²) in [6.45, 7) is 1.71. The lowest BCUT2D eigenvalue weighted by molar-refractivity contribution is 0.0988. The highest BCUT2D eigenvalue weighted by Gasteiger charge is 2.10. The Labute approximate surface area is 110 Å². The molecule has 1 aromatic carbocycles. The van der Waals surface area contributed by atoms with E-state index in [-0.39, 0.29) is 18.3 Å². The first-order valence-corrected chi connectivity index (χ1v) is 5.63. The summed E-state index contributed by atoms with van der Waals surface area (Å²) in [6.07, 6.45) is 1.40. The van der Waals surface area contributed by atoms with Crippen molar-refractivity contribution in [2.45, 2.75) is 6.92 Å². The number of nitrogens with zero attached hydrogens (tertiary/aromatic N) is 1. The van der Waals surface area contributed by atoms with Gasteiger partial charge in [0.25, 0.3) is 5.91 Å². The van der Waals surface area contributed by atoms with E-state index in [9.17, 15) is 4.79 Å². The molecule has 5 nitrogen and oxygen atoms in total. The summed E-state index contributed by atoms with van der Waals surface area (Å²) in [5, 5.41) is 14.9. The smallest absolute Gasteiger partial charge is 0.294 e. The summed E-state index contributed by atoms with van der Waals surface area (Å²) in [5.41, 5.74) is 2.33. The third-order valence-corrected chi connectivity index (χ3v) is 2.46. The van der Waals surface area contributed by atoms with E-state index in [4.69, 9.17) is 9.63 Å². The fourth-order valence-corrected chi connectivity index (χ4v) is 1.49. The molecule has 0 aliphatic heterocycles. The molecule has 0 spiro atoms. The molecule has 2 aromatic rings. The van der Waals surface area contributed by atoms with Gasteiger partial charge in [0.05, 0.1) is 6.20 Å². The van der Waals surface area contributed by atoms with Crippen LogP contribution in [0.4, 0.5) is 5.69 Å². The molecule has 0 radical (unpaired) electrons. The van der Waals surface area contributed by atoms with Crippen LogP contribution in [0.2, 0.25) is 0 Å². The maximum atomic E-state index is 11.8. The average Bonchev–Trinajstić information content (AvgIpc) is 2.93. The lowest BCUT2D eigenvalue weighted by atomic mass is 10.1. The first kappa shape index (κ1) is 12.9. The first-order chi connectivity index (χ1) is 9.20. The molecule has 0 bridgehead atoms. The van der Waals surface area contributed by atoms with Crippen molar-refractivity contribution in [3.05, 3.63) is 47.3 Å². The number of aliphatic hydroxyl groups is 1. The van der Waals surface area contributed by atoms with Crippen molar-refractivity contribution >= 4 is 11.6 Å². The van der Waals surface area contributed by atoms with Crippen LogP contribution in [-0.2, 0) is 0 Å². The Morgan fingerprint density at radius 1 is 1.47 bits per heavy atom. The molecular formula is C14H12N2O3. The highest BCUT2D eigenvalue weighted by molar-refractivity contribution is 6.02. The highest BCUT2D eigenvalue weighted by atomic mass is 16.5. The van der Waals surface area contributed by atoms with Gasteiger partial charge in [-0.25, -0.2) is 0 Å². The van der Waals surface area contributed by atoms with Crippen LogP contribution in [0.1, 0.15) is 21.7 Å². The number of hydrogen-bond acceptors (Lipinski definition) is 4. The fourth-order valence-electron chi connectivity index (χ4n) is 1.49. The molecule has 2 N–H and O–H groups in total. The van der Waals surface area contributed by atoms with Crippen molar-refractivity contribution in [1.29, 1.82) is 0 Å². The largest absolute Gasteiger partial charge is 0.384 e. The van der Waals surface area contributed by atoms with Crippen molar-refractivity contribution in [2.24, 2.45) is 0 Å². The Hall–Kier alpha value is -2.58. The molecule has 1 amide bonds. The van der Waals surface area contributed by atoms with Crippen LogP contribution >= 0.6 is 0 Å². The van der Waals surface area contributed by atoms with Gasteiger partial charge in [0, 0.05) is 17.3 Å². The molecule has 1 heterocycles. The van der Waals surface area contributed by atoms with E-state index < -0.39 is 0 Å². The number of amides is 1. The first-order valence-electron chi connectivity index (χ1n) is 5.63. The topological polar surface area (TPSA) is 75.4 Å². The average molecular weight is 256 g/mol. The number of nitrogens with one attached hydrogen (secondary N) is 1. The second-order valence-electron chi connectivity index (χ2n) is 3.82. The number of carbonyl (C=O) groups excluding carboxylic acids is 1. The quantitative estimate of drug-likeness (QED) is 0.800. The Kier molecular flexibility index (Phi) is 3.96. The van der Waals surface area contributed by atoms with Gasteiger partial charge in [-0.2, -0.15) is 0 Å². The second-order valence-corrected chi connectivity index (χ2v) is 3.82. The summed E-state index contributed by atoms with van der Waals surface area (Å²) < 4.78 is 4.76. The molecule has 0 fully saturated rings. The maximum Gasteiger partial charge on any atom is 0.294 e. The van der Waals surface area contributed by atoms with E-state index >= 15 is 0 Å². The third kappa shape index (κ3) is 3.21. The number of rotatable bonds is 2. The minimum Gasteiger partial charge on any atom is -0.384 e. The normalized spacial score (nSPS) is 9.58. The monoisotopic (exact) mass is 256 g/mol. The Bertz CT molecular complexity index is 636. The van der Waals surface area contributed by atoms with Gasteiger partial charge in [-0.15, -0.1) is 0 Å². The molecule has 0 atom stereocenters. The summed E-state index contributed by atoms with van der Waals surface area (Å²) in [4.78, 5) is 11.8. The van der Waals surface area contributed by atoms with E-state index in [1.807, 2.05) is 13.0 Å². The summed E-state index contributed by atoms with van der Waals surface area (Å²) in [7, 11) is 0. The molecule has 1 aromatic heterocycles. The number of aromatic nitrogens is 1. The van der Waals surface area contributed by atoms with E-state index in [0.717, 1.165) is 11.1 Å². The van der Waals surface area contributed by atoms with Crippen LogP contribution in [0.3, 0.4) is 0 Å². The number of aliphatic hydroxyl groups excluding tert-OH is 1. The predicted molar refractivity (Wildman–Crippen MR) is 69.6 cm³/mol. The summed E-state index contributed by atoms with van der Waals surface area (Å²) in [6, 6.07) is 6.84. The lowest BCUT2D eigenvalue weighted by Gasteiger charge is -2.05. The number of carbonyl (C=O) groups is 1. The molecule has 19 heavy (non-hydrogen) atoms. The van der Waals surface area contributed by atoms with Crippen molar-refractivity contribution in [3.63, 3.8) is 0 Å². The molecule has 5 heteroatoms. The van der Waals surface area contributed by atoms with Crippen LogP contribution in [0.25, 0.3) is 0 Å². The Morgan fingerprint density at radius 3 is 3.00 bits per heavy atom. The minimum absolute atomic E-state index is 0.142. The van der Waals surface area contributed by atoms with Crippen molar-refractivity contribution in [1.82, 2.24) is 5.16 Å². The van der Waals surface area contributed by atoms with E-state index in [0.29, 0.717) is 5.69 Å². The molecule has 2 rings (SSSR count). The van der Waals surface area contributed by atoms with Gasteiger partial charge in [-0.3, -0.25) is 4.79 Å². The van der Waals surface area contributed by atoms with Crippen LogP contribution in [0.5, 0.6) is 0 Å². The van der Waals surface area contributed by atoms with Crippen molar-refractivity contribution in [2.75, 3.05) is 11.9 Å². The van der Waals surface area contributed by atoms with Gasteiger partial charge in [0.2, 0.25) is 5.76 Å². The number of aryl methyl sites for hydroxylation is 1. The van der Waals surface area contributed by atoms with E-state index in [1.54, 1.807) is 12.1 Å². The summed E-state index contributed by atoms with van der Waals surface area (Å²) in [5.74, 6) is 5.17. The molecule has 0 saturated heterocycles. The van der Waals surface area contributed by atoms with Gasteiger partial charge < -0.3 is 14.9 Å². The third-order valence-electron chi connectivity index (χ3n) is 2.46. The van der Waals surface area contributed by atoms with Gasteiger partial charge in [-0.1, -0.05) is 23.1 Å². The molecule has 0 saturated carbocycles. The zero-order chi connectivity index (χ0) is 13.7. The van der Waals surface area contributed by atoms with Crippen LogP contribution in [0, 0.1) is 18.8 Å². The zero-order valence-corrected chi connectivity index (χ0v) is 10.3. The van der Waals surface area contributed by atoms with Gasteiger partial charge >= 0.3 is 0 Å². The lowest BCUT2D eigenvalue weighted by Crippen LogP contribution is -2.11. The highest BCUT2D eigenvalue weighted by Crippen LogP contribution is 2.15. The minimum atomic E-state index is -0.373. The van der Waals surface area contributed by atoms with Crippen LogP contribution in [0.15, 0.2) is 35.0 Å². The number of anilines is 1. The Balaban J connectivity index is 2.19. The molecule has 96 valence electrons.